The number of aromatic carboxylic acids is 1. The maximum Gasteiger partial charge on any atom is 0.335 e. The number of carbonyl (C=O) groups is 2. The zero-order valence-electron chi connectivity index (χ0n) is 20.3. The minimum absolute atomic E-state index is 0.000694. The standard InChI is InChI=1S/C29H35N3O3/c33-28(34)20-14-15-22-25(18-20)31-16-17-32(29(35)30-21-10-4-5-11-21)24-13-7-6-12-23(24)27(31)26(22)19-8-2-1-3-9-19/h6-7,12-15,18-19,21,26-27H,1-5,8-11,16-17H2,(H,30,35)(H,33,34). The van der Waals surface area contributed by atoms with Crippen LogP contribution < -0.4 is 15.1 Å². The third-order valence-corrected chi connectivity index (χ3v) is 8.82. The fraction of sp³-hybridized carbons (Fsp3) is 0.517. The molecule has 2 saturated carbocycles. The van der Waals surface area contributed by atoms with Crippen LogP contribution in [0.3, 0.4) is 0 Å². The smallest absolute Gasteiger partial charge is 0.335 e. The number of rotatable bonds is 3. The molecule has 35 heavy (non-hydrogen) atoms. The number of para-hydroxylation sites is 1. The van der Waals surface area contributed by atoms with E-state index in [-0.39, 0.29) is 18.1 Å². The lowest BCUT2D eigenvalue weighted by Crippen LogP contribution is -2.46. The Morgan fingerprint density at radius 2 is 1.57 bits per heavy atom. The first-order chi connectivity index (χ1) is 17.1. The molecule has 0 aromatic heterocycles. The van der Waals surface area contributed by atoms with Crippen molar-refractivity contribution in [3.63, 3.8) is 0 Å². The number of amides is 2. The van der Waals surface area contributed by atoms with E-state index in [0.717, 1.165) is 24.2 Å². The third kappa shape index (κ3) is 3.97. The maximum atomic E-state index is 13.5. The van der Waals surface area contributed by atoms with Gasteiger partial charge in [0, 0.05) is 30.7 Å². The van der Waals surface area contributed by atoms with Crippen LogP contribution in [0.2, 0.25) is 0 Å². The number of carboxylic acid groups (broad SMARTS) is 1. The molecular weight excluding hydrogens is 438 g/mol. The molecular formula is C29H35N3O3. The molecule has 4 aliphatic rings. The monoisotopic (exact) mass is 473 g/mol. The first-order valence-corrected chi connectivity index (χ1v) is 13.4. The lowest BCUT2D eigenvalue weighted by atomic mass is 9.73. The van der Waals surface area contributed by atoms with Gasteiger partial charge in [-0.3, -0.25) is 4.90 Å². The van der Waals surface area contributed by atoms with E-state index in [4.69, 9.17) is 0 Å². The van der Waals surface area contributed by atoms with Crippen LogP contribution in [-0.2, 0) is 0 Å². The van der Waals surface area contributed by atoms with Crippen molar-refractivity contribution in [1.82, 2.24) is 5.32 Å². The second-order valence-corrected chi connectivity index (χ2v) is 10.8. The molecule has 2 aliphatic heterocycles. The van der Waals surface area contributed by atoms with Crippen molar-refractivity contribution >= 4 is 23.4 Å². The van der Waals surface area contributed by atoms with Crippen molar-refractivity contribution in [2.24, 2.45) is 5.92 Å². The predicted molar refractivity (Wildman–Crippen MR) is 137 cm³/mol. The zero-order chi connectivity index (χ0) is 23.9. The number of hydrogen-bond donors (Lipinski definition) is 2. The zero-order valence-corrected chi connectivity index (χ0v) is 20.3. The SMILES string of the molecule is O=C(O)c1ccc2c(c1)N1CCN(C(=O)NC3CCCC3)c3ccccc3C1C2C1CCCCC1. The Balaban J connectivity index is 1.42. The van der Waals surface area contributed by atoms with E-state index < -0.39 is 5.97 Å². The first kappa shape index (κ1) is 22.4. The Hall–Kier alpha value is -3.02. The van der Waals surface area contributed by atoms with E-state index in [9.17, 15) is 14.7 Å². The van der Waals surface area contributed by atoms with Crippen LogP contribution in [0.4, 0.5) is 16.2 Å². The molecule has 0 radical (unpaired) electrons. The highest BCUT2D eigenvalue weighted by Crippen LogP contribution is 2.57. The predicted octanol–water partition coefficient (Wildman–Crippen LogP) is 6.08. The molecule has 2 heterocycles. The van der Waals surface area contributed by atoms with E-state index >= 15 is 0 Å². The molecule has 2 N–H and O–H groups in total. The number of carbonyl (C=O) groups excluding carboxylic acids is 1. The van der Waals surface area contributed by atoms with Crippen molar-refractivity contribution in [3.05, 3.63) is 59.2 Å². The fourth-order valence-electron chi connectivity index (χ4n) is 7.19. The van der Waals surface area contributed by atoms with Crippen molar-refractivity contribution < 1.29 is 14.7 Å². The number of carboxylic acids is 1. The highest BCUT2D eigenvalue weighted by Gasteiger charge is 2.46. The van der Waals surface area contributed by atoms with E-state index in [1.807, 2.05) is 17.0 Å². The highest BCUT2D eigenvalue weighted by molar-refractivity contribution is 5.94. The molecule has 2 amide bonds. The van der Waals surface area contributed by atoms with Crippen LogP contribution >= 0.6 is 0 Å². The van der Waals surface area contributed by atoms with Crippen LogP contribution in [-0.4, -0.2) is 36.2 Å². The van der Waals surface area contributed by atoms with Crippen molar-refractivity contribution in [2.75, 3.05) is 22.9 Å². The summed E-state index contributed by atoms with van der Waals surface area (Å²) in [4.78, 5) is 29.7. The minimum atomic E-state index is -0.891. The lowest BCUT2D eigenvalue weighted by Gasteiger charge is -2.35. The topological polar surface area (TPSA) is 72.9 Å². The van der Waals surface area contributed by atoms with E-state index in [1.54, 1.807) is 6.07 Å². The van der Waals surface area contributed by atoms with Gasteiger partial charge in [-0.15, -0.1) is 0 Å². The van der Waals surface area contributed by atoms with Crippen molar-refractivity contribution in [1.29, 1.82) is 0 Å². The van der Waals surface area contributed by atoms with Gasteiger partial charge >= 0.3 is 12.0 Å². The summed E-state index contributed by atoms with van der Waals surface area (Å²) in [7, 11) is 0. The number of benzene rings is 2. The number of nitrogens with zero attached hydrogens (tertiary/aromatic N) is 2. The normalized spacial score (nSPS) is 24.5. The molecule has 0 bridgehead atoms. The average molecular weight is 474 g/mol. The summed E-state index contributed by atoms with van der Waals surface area (Å²) in [6, 6.07) is 14.5. The molecule has 2 fully saturated rings. The molecule has 6 nitrogen and oxygen atoms in total. The highest BCUT2D eigenvalue weighted by atomic mass is 16.4. The van der Waals surface area contributed by atoms with Crippen molar-refractivity contribution in [3.8, 4) is 0 Å². The van der Waals surface area contributed by atoms with E-state index in [2.05, 4.69) is 34.5 Å². The summed E-state index contributed by atoms with van der Waals surface area (Å²) in [6.45, 7) is 1.27. The van der Waals surface area contributed by atoms with Gasteiger partial charge in [-0.25, -0.2) is 9.59 Å². The van der Waals surface area contributed by atoms with Gasteiger partial charge in [0.25, 0.3) is 0 Å². The summed E-state index contributed by atoms with van der Waals surface area (Å²) >= 11 is 0. The Labute approximate surface area is 207 Å². The number of fused-ring (bicyclic) bond motifs is 5. The Bertz CT molecular complexity index is 1120. The second kappa shape index (κ2) is 9.21. The third-order valence-electron chi connectivity index (χ3n) is 8.82. The fourth-order valence-corrected chi connectivity index (χ4v) is 7.19. The van der Waals surface area contributed by atoms with Gasteiger partial charge in [0.05, 0.1) is 17.3 Å². The second-order valence-electron chi connectivity index (χ2n) is 10.8. The maximum absolute atomic E-state index is 13.5. The number of nitrogens with one attached hydrogen (secondary N) is 1. The number of anilines is 2. The molecule has 6 heteroatoms. The molecule has 2 aromatic carbocycles. The van der Waals surface area contributed by atoms with Crippen LogP contribution in [0.1, 0.15) is 91.2 Å². The van der Waals surface area contributed by atoms with Gasteiger partial charge < -0.3 is 15.3 Å². The molecule has 6 rings (SSSR count). The van der Waals surface area contributed by atoms with Gasteiger partial charge in [0.2, 0.25) is 0 Å². The Morgan fingerprint density at radius 3 is 2.34 bits per heavy atom. The van der Waals surface area contributed by atoms with Crippen LogP contribution in [0.5, 0.6) is 0 Å². The number of hydrogen-bond acceptors (Lipinski definition) is 3. The summed E-state index contributed by atoms with van der Waals surface area (Å²) in [5.41, 5.74) is 4.85. The summed E-state index contributed by atoms with van der Waals surface area (Å²) < 4.78 is 0. The molecule has 2 atom stereocenters. The number of urea groups is 1. The van der Waals surface area contributed by atoms with Crippen LogP contribution in [0.15, 0.2) is 42.5 Å². The van der Waals surface area contributed by atoms with Gasteiger partial charge in [0.1, 0.15) is 0 Å². The minimum Gasteiger partial charge on any atom is -0.478 e. The molecule has 0 saturated heterocycles. The molecule has 2 aromatic rings. The van der Waals surface area contributed by atoms with Crippen molar-refractivity contribution in [2.45, 2.75) is 75.8 Å². The summed E-state index contributed by atoms with van der Waals surface area (Å²) in [5.74, 6) is -0.00880. The van der Waals surface area contributed by atoms with Gasteiger partial charge in [-0.1, -0.05) is 56.4 Å². The van der Waals surface area contributed by atoms with E-state index in [1.165, 1.54) is 56.1 Å². The Kier molecular flexibility index (Phi) is 5.91. The van der Waals surface area contributed by atoms with Gasteiger partial charge in [-0.2, -0.15) is 0 Å². The van der Waals surface area contributed by atoms with Crippen LogP contribution in [0, 0.1) is 5.92 Å². The quantitative estimate of drug-likeness (QED) is 0.566. The average Bonchev–Trinajstić information content (AvgIpc) is 3.46. The summed E-state index contributed by atoms with van der Waals surface area (Å²) in [5, 5.41) is 13.0. The van der Waals surface area contributed by atoms with E-state index in [0.29, 0.717) is 30.5 Å². The van der Waals surface area contributed by atoms with Gasteiger partial charge in [0.15, 0.2) is 0 Å². The molecule has 184 valence electrons. The first-order valence-electron chi connectivity index (χ1n) is 13.4. The Morgan fingerprint density at radius 1 is 0.829 bits per heavy atom. The molecule has 2 aliphatic carbocycles. The molecule has 0 spiro atoms. The largest absolute Gasteiger partial charge is 0.478 e. The lowest BCUT2D eigenvalue weighted by molar-refractivity contribution is 0.0697. The molecule has 2 unspecified atom stereocenters. The van der Waals surface area contributed by atoms with Gasteiger partial charge in [-0.05, 0) is 60.9 Å². The van der Waals surface area contributed by atoms with Crippen LogP contribution in [0.25, 0.3) is 0 Å². The summed E-state index contributed by atoms with van der Waals surface area (Å²) in [6.07, 6.45) is 10.7.